The second-order valence-electron chi connectivity index (χ2n) is 7.50. The van der Waals surface area contributed by atoms with Crippen LogP contribution in [-0.2, 0) is 21.7 Å². The third kappa shape index (κ3) is 15.4. The van der Waals surface area contributed by atoms with E-state index >= 15 is 0 Å². The van der Waals surface area contributed by atoms with Gasteiger partial charge in [-0.15, -0.1) is 49.2 Å². The van der Waals surface area contributed by atoms with Crippen LogP contribution in [0, 0.1) is 47.6 Å². The standard InChI is InChI=1S/2C9H8F2NO2.2C5H5.Ti/c2*1-12(2)9(13)14-8-4-3-6(10)5-7(8)11;2*1-2-4-5-3-1;/h2*3-4H,1-2H3;2*1-3H,4H2;/q4*-1;+4. The summed E-state index contributed by atoms with van der Waals surface area (Å²) in [6.45, 7) is 0. The first-order valence-corrected chi connectivity index (χ1v) is 11.0. The van der Waals surface area contributed by atoms with Crippen LogP contribution in [0.3, 0.4) is 0 Å². The summed E-state index contributed by atoms with van der Waals surface area (Å²) >= 11 is 0. The van der Waals surface area contributed by atoms with Crippen LogP contribution in [0.1, 0.15) is 12.8 Å². The molecule has 2 aromatic carbocycles. The first-order valence-electron chi connectivity index (χ1n) is 11.0. The van der Waals surface area contributed by atoms with Gasteiger partial charge in [0, 0.05) is 39.8 Å². The minimum Gasteiger partial charge on any atom is -0.471 e. The quantitative estimate of drug-likeness (QED) is 0.240. The van der Waals surface area contributed by atoms with Crippen molar-refractivity contribution in [1.82, 2.24) is 9.80 Å². The van der Waals surface area contributed by atoms with Crippen molar-refractivity contribution in [2.24, 2.45) is 0 Å². The number of benzene rings is 2. The zero-order valence-electron chi connectivity index (χ0n) is 21.7. The fraction of sp³-hybridized carbons (Fsp3) is 0.214. The van der Waals surface area contributed by atoms with Crippen LogP contribution in [0.15, 0.2) is 60.7 Å². The summed E-state index contributed by atoms with van der Waals surface area (Å²) in [5.41, 5.74) is 0. The van der Waals surface area contributed by atoms with E-state index in [2.05, 4.69) is 33.8 Å². The minimum absolute atomic E-state index is 0. The van der Waals surface area contributed by atoms with Crippen molar-refractivity contribution < 1.29 is 58.3 Å². The van der Waals surface area contributed by atoms with Crippen LogP contribution in [-0.4, -0.2) is 50.2 Å². The molecule has 204 valence electrons. The summed E-state index contributed by atoms with van der Waals surface area (Å²) < 4.78 is 59.7. The third-order valence-corrected chi connectivity index (χ3v) is 3.95. The molecule has 0 spiro atoms. The van der Waals surface area contributed by atoms with Crippen molar-refractivity contribution in [3.05, 3.63) is 108 Å². The van der Waals surface area contributed by atoms with Gasteiger partial charge >= 0.3 is 33.9 Å². The monoisotopic (exact) mass is 578 g/mol. The molecule has 4 rings (SSSR count). The molecule has 2 aliphatic rings. The fourth-order valence-electron chi connectivity index (χ4n) is 2.07. The van der Waals surface area contributed by atoms with Gasteiger partial charge in [0.05, 0.1) is 23.1 Å². The van der Waals surface area contributed by atoms with E-state index in [4.69, 9.17) is 0 Å². The molecule has 2 amide bonds. The minimum atomic E-state index is -1.03. The predicted molar refractivity (Wildman–Crippen MR) is 133 cm³/mol. The number of rotatable bonds is 2. The van der Waals surface area contributed by atoms with Crippen LogP contribution in [0.25, 0.3) is 0 Å². The van der Waals surface area contributed by atoms with Gasteiger partial charge in [0.2, 0.25) is 0 Å². The van der Waals surface area contributed by atoms with Crippen molar-refractivity contribution in [2.75, 3.05) is 28.2 Å². The number of ether oxygens (including phenoxy) is 2. The third-order valence-electron chi connectivity index (χ3n) is 3.95. The number of halogens is 4. The Balaban J connectivity index is 0.000000537. The number of nitrogens with zero attached hydrogens (tertiary/aromatic N) is 2. The summed E-state index contributed by atoms with van der Waals surface area (Å²) in [6, 6.07) is 7.49. The van der Waals surface area contributed by atoms with Gasteiger partial charge in [-0.05, 0) is 0 Å². The van der Waals surface area contributed by atoms with E-state index in [1.807, 2.05) is 24.3 Å². The second kappa shape index (κ2) is 19.4. The largest absolute Gasteiger partial charge is 4.00 e. The van der Waals surface area contributed by atoms with Gasteiger partial charge in [0.1, 0.15) is 0 Å². The SMILES string of the molecule is CN(C)C(=O)Oc1ccc(F)[c-]c1F.CN(C)C(=O)Oc1ccc(F)[c-]c1F.[C-]1=CC=CC1.[C-]1=CC=CC1.[Ti+4]. The molecule has 0 N–H and O–H groups in total. The Labute approximate surface area is 240 Å². The first kappa shape index (κ1) is 35.4. The first-order chi connectivity index (χ1) is 18.0. The van der Waals surface area contributed by atoms with Gasteiger partial charge in [-0.3, -0.25) is 12.2 Å². The average molecular weight is 578 g/mol. The molecule has 0 radical (unpaired) electrons. The molecule has 6 nitrogen and oxygen atoms in total. The van der Waals surface area contributed by atoms with Gasteiger partial charge in [-0.25, -0.2) is 51.5 Å². The Morgan fingerprint density at radius 3 is 1.26 bits per heavy atom. The van der Waals surface area contributed by atoms with Gasteiger partial charge in [-0.2, -0.15) is 12.2 Å². The maximum Gasteiger partial charge on any atom is 4.00 e. The molecule has 11 heteroatoms. The molecular weight excluding hydrogens is 552 g/mol. The molecule has 0 saturated heterocycles. The normalized spacial score (nSPS) is 11.5. The smallest absolute Gasteiger partial charge is 0.471 e. The molecule has 0 unspecified atom stereocenters. The number of allylic oxidation sites excluding steroid dienone is 8. The molecule has 2 aliphatic carbocycles. The molecule has 0 aromatic heterocycles. The molecule has 0 atom stereocenters. The predicted octanol–water partition coefficient (Wildman–Crippen LogP) is 6.26. The van der Waals surface area contributed by atoms with E-state index in [-0.39, 0.29) is 33.2 Å². The number of hydrogen-bond donors (Lipinski definition) is 0. The summed E-state index contributed by atoms with van der Waals surface area (Å²) in [4.78, 5) is 24.2. The molecule has 0 fully saturated rings. The number of carbonyl (C=O) groups is 2. The van der Waals surface area contributed by atoms with Crippen LogP contribution in [0.2, 0.25) is 0 Å². The molecule has 0 heterocycles. The van der Waals surface area contributed by atoms with E-state index in [9.17, 15) is 27.2 Å². The molecule has 0 saturated carbocycles. The molecular formula is C28H26F4N2O4Ti. The second-order valence-corrected chi connectivity index (χ2v) is 7.50. The fourth-order valence-corrected chi connectivity index (χ4v) is 2.07. The van der Waals surface area contributed by atoms with Gasteiger partial charge in [0.25, 0.3) is 0 Å². The topological polar surface area (TPSA) is 59.1 Å². The summed E-state index contributed by atoms with van der Waals surface area (Å²) in [6.07, 6.45) is 18.5. The van der Waals surface area contributed by atoms with E-state index < -0.39 is 35.5 Å². The number of hydrogen-bond acceptors (Lipinski definition) is 4. The van der Waals surface area contributed by atoms with Crippen molar-refractivity contribution in [2.45, 2.75) is 12.8 Å². The van der Waals surface area contributed by atoms with Crippen molar-refractivity contribution >= 4 is 12.2 Å². The Morgan fingerprint density at radius 1 is 0.692 bits per heavy atom. The van der Waals surface area contributed by atoms with Crippen LogP contribution >= 0.6 is 0 Å². The molecule has 2 aromatic rings. The van der Waals surface area contributed by atoms with E-state index in [1.54, 1.807) is 12.1 Å². The van der Waals surface area contributed by atoms with Gasteiger partial charge in [-0.1, -0.05) is 0 Å². The van der Waals surface area contributed by atoms with Crippen molar-refractivity contribution in [3.8, 4) is 11.5 Å². The van der Waals surface area contributed by atoms with Crippen LogP contribution < -0.4 is 9.47 Å². The Bertz CT molecular complexity index is 1070. The molecule has 0 aliphatic heterocycles. The summed E-state index contributed by atoms with van der Waals surface area (Å²) in [5, 5.41) is 0. The zero-order valence-corrected chi connectivity index (χ0v) is 23.3. The Hall–Kier alpha value is -3.63. The van der Waals surface area contributed by atoms with Gasteiger partial charge in [0.15, 0.2) is 0 Å². The summed E-state index contributed by atoms with van der Waals surface area (Å²) in [5.74, 6) is -4.42. The number of carbonyl (C=O) groups excluding carboxylic acids is 2. The van der Waals surface area contributed by atoms with Crippen LogP contribution in [0.4, 0.5) is 27.2 Å². The van der Waals surface area contributed by atoms with Crippen molar-refractivity contribution in [1.29, 1.82) is 0 Å². The van der Waals surface area contributed by atoms with E-state index in [0.717, 1.165) is 46.9 Å². The summed E-state index contributed by atoms with van der Waals surface area (Å²) in [7, 11) is 5.81. The average Bonchev–Trinajstić information content (AvgIpc) is 3.62. The van der Waals surface area contributed by atoms with Crippen molar-refractivity contribution in [3.63, 3.8) is 0 Å². The molecule has 0 bridgehead atoms. The van der Waals surface area contributed by atoms with Gasteiger partial charge < -0.3 is 19.3 Å². The maximum atomic E-state index is 12.9. The van der Waals surface area contributed by atoms with E-state index in [0.29, 0.717) is 0 Å². The number of amides is 2. The molecule has 39 heavy (non-hydrogen) atoms. The van der Waals surface area contributed by atoms with Crippen LogP contribution in [0.5, 0.6) is 11.5 Å². The van der Waals surface area contributed by atoms with E-state index in [1.165, 1.54) is 28.2 Å². The maximum absolute atomic E-state index is 12.9. The Kier molecular flexibility index (Phi) is 17.6. The Morgan fingerprint density at radius 2 is 1.05 bits per heavy atom. The zero-order chi connectivity index (χ0) is 28.5.